The predicted molar refractivity (Wildman–Crippen MR) is 130 cm³/mol. The number of guanidine groups is 1. The maximum absolute atomic E-state index is 12.0. The molecule has 1 aromatic rings. The molecule has 1 saturated carbocycles. The van der Waals surface area contributed by atoms with E-state index in [1.54, 1.807) is 7.05 Å². The van der Waals surface area contributed by atoms with E-state index in [9.17, 15) is 4.79 Å². The first kappa shape index (κ1) is 23.9. The van der Waals surface area contributed by atoms with Gasteiger partial charge in [0.25, 0.3) is 0 Å². The highest BCUT2D eigenvalue weighted by molar-refractivity contribution is 14.0. The molecule has 0 unspecified atom stereocenters. The molecule has 0 radical (unpaired) electrons. The fraction of sp³-hybridized carbons (Fsp3) is 0.636. The maximum atomic E-state index is 12.0. The lowest BCUT2D eigenvalue weighted by Crippen LogP contribution is -2.40. The third kappa shape index (κ3) is 8.50. The van der Waals surface area contributed by atoms with Gasteiger partial charge in [-0.1, -0.05) is 37.1 Å². The summed E-state index contributed by atoms with van der Waals surface area (Å²) in [6.45, 7) is 4.82. The fourth-order valence-corrected chi connectivity index (χ4v) is 4.03. The van der Waals surface area contributed by atoms with Crippen molar-refractivity contribution in [1.29, 1.82) is 0 Å². The number of amides is 1. The molecule has 1 aromatic carbocycles. The lowest BCUT2D eigenvalue weighted by Gasteiger charge is -2.15. The standard InChI is InChI=1S/C22H35N5O.HI/c1-23-22(24-13-12-21(28)26-20-6-2-3-7-20)25-16-18-8-10-19(11-9-18)17-27-14-4-5-15-27;/h8-11,20H,2-7,12-17H2,1H3,(H,26,28)(H2,23,24,25);1H. The van der Waals surface area contributed by atoms with Gasteiger partial charge in [-0.25, -0.2) is 0 Å². The molecular weight excluding hydrogens is 477 g/mol. The summed E-state index contributed by atoms with van der Waals surface area (Å²) in [4.78, 5) is 18.8. The topological polar surface area (TPSA) is 68.8 Å². The number of rotatable bonds is 8. The van der Waals surface area contributed by atoms with E-state index in [1.807, 2.05) is 0 Å². The Morgan fingerprint density at radius 1 is 1.03 bits per heavy atom. The van der Waals surface area contributed by atoms with Crippen LogP contribution >= 0.6 is 24.0 Å². The molecule has 1 saturated heterocycles. The number of likely N-dealkylation sites (tertiary alicyclic amines) is 1. The summed E-state index contributed by atoms with van der Waals surface area (Å²) in [7, 11) is 1.76. The van der Waals surface area contributed by atoms with Crippen molar-refractivity contribution in [2.24, 2.45) is 4.99 Å². The Kier molecular flexibility index (Phi) is 10.8. The van der Waals surface area contributed by atoms with E-state index < -0.39 is 0 Å². The van der Waals surface area contributed by atoms with Crippen molar-refractivity contribution in [3.63, 3.8) is 0 Å². The van der Waals surface area contributed by atoms with E-state index in [-0.39, 0.29) is 29.9 Å². The number of halogens is 1. The summed E-state index contributed by atoms with van der Waals surface area (Å²) in [5.41, 5.74) is 2.61. The molecule has 0 atom stereocenters. The van der Waals surface area contributed by atoms with Crippen LogP contribution in [0.15, 0.2) is 29.3 Å². The molecule has 1 amide bonds. The third-order valence-corrected chi connectivity index (χ3v) is 5.68. The first-order valence-electron chi connectivity index (χ1n) is 10.8. The second-order valence-electron chi connectivity index (χ2n) is 7.95. The monoisotopic (exact) mass is 513 g/mol. The van der Waals surface area contributed by atoms with Gasteiger partial charge in [0.1, 0.15) is 0 Å². The summed E-state index contributed by atoms with van der Waals surface area (Å²) >= 11 is 0. The van der Waals surface area contributed by atoms with Crippen LogP contribution in [0.1, 0.15) is 56.1 Å². The molecule has 162 valence electrons. The van der Waals surface area contributed by atoms with Crippen molar-refractivity contribution in [3.8, 4) is 0 Å². The summed E-state index contributed by atoms with van der Waals surface area (Å²) in [5.74, 6) is 0.859. The average Bonchev–Trinajstić information content (AvgIpc) is 3.40. The first-order valence-corrected chi connectivity index (χ1v) is 10.8. The zero-order valence-corrected chi connectivity index (χ0v) is 19.9. The van der Waals surface area contributed by atoms with Crippen LogP contribution in [0, 0.1) is 0 Å². The number of nitrogens with one attached hydrogen (secondary N) is 3. The first-order chi connectivity index (χ1) is 13.7. The fourth-order valence-electron chi connectivity index (χ4n) is 4.03. The van der Waals surface area contributed by atoms with Crippen molar-refractivity contribution in [1.82, 2.24) is 20.9 Å². The predicted octanol–water partition coefficient (Wildman–Crippen LogP) is 3.01. The molecule has 7 heteroatoms. The Morgan fingerprint density at radius 3 is 2.34 bits per heavy atom. The zero-order chi connectivity index (χ0) is 19.6. The quantitative estimate of drug-likeness (QED) is 0.284. The maximum Gasteiger partial charge on any atom is 0.221 e. The lowest BCUT2D eigenvalue weighted by molar-refractivity contribution is -0.121. The van der Waals surface area contributed by atoms with Crippen molar-refractivity contribution in [3.05, 3.63) is 35.4 Å². The van der Waals surface area contributed by atoms with Gasteiger partial charge in [-0.3, -0.25) is 14.7 Å². The van der Waals surface area contributed by atoms with Crippen LogP contribution in [-0.2, 0) is 17.9 Å². The molecule has 2 aliphatic rings. The molecule has 2 fully saturated rings. The number of carbonyl (C=O) groups excluding carboxylic acids is 1. The molecule has 1 aliphatic carbocycles. The van der Waals surface area contributed by atoms with Crippen molar-refractivity contribution < 1.29 is 4.79 Å². The van der Waals surface area contributed by atoms with Crippen LogP contribution in [0.4, 0.5) is 0 Å². The highest BCUT2D eigenvalue weighted by Crippen LogP contribution is 2.17. The van der Waals surface area contributed by atoms with Gasteiger partial charge in [0, 0.05) is 39.1 Å². The molecule has 29 heavy (non-hydrogen) atoms. The normalized spacial score (nSPS) is 17.8. The van der Waals surface area contributed by atoms with Gasteiger partial charge in [-0.05, 0) is 49.9 Å². The number of carbonyl (C=O) groups is 1. The van der Waals surface area contributed by atoms with Gasteiger partial charge in [0.15, 0.2) is 5.96 Å². The number of aliphatic imine (C=N–C) groups is 1. The number of nitrogens with zero attached hydrogens (tertiary/aromatic N) is 2. The highest BCUT2D eigenvalue weighted by Gasteiger charge is 2.16. The van der Waals surface area contributed by atoms with Crippen LogP contribution in [0.3, 0.4) is 0 Å². The second kappa shape index (κ2) is 13.1. The molecule has 1 aliphatic heterocycles. The van der Waals surface area contributed by atoms with Crippen molar-refractivity contribution in [2.75, 3.05) is 26.7 Å². The molecular formula is C22H36IN5O. The smallest absolute Gasteiger partial charge is 0.221 e. The highest BCUT2D eigenvalue weighted by atomic mass is 127. The van der Waals surface area contributed by atoms with E-state index in [2.05, 4.69) is 50.1 Å². The van der Waals surface area contributed by atoms with E-state index in [4.69, 9.17) is 0 Å². The average molecular weight is 513 g/mol. The number of hydrogen-bond donors (Lipinski definition) is 3. The van der Waals surface area contributed by atoms with E-state index in [0.29, 0.717) is 19.0 Å². The lowest BCUT2D eigenvalue weighted by atomic mass is 10.1. The molecule has 3 N–H and O–H groups in total. The van der Waals surface area contributed by atoms with Gasteiger partial charge < -0.3 is 16.0 Å². The van der Waals surface area contributed by atoms with Crippen LogP contribution in [0.5, 0.6) is 0 Å². The Bertz CT molecular complexity index is 637. The Hall–Kier alpha value is -1.35. The summed E-state index contributed by atoms with van der Waals surface area (Å²) in [5, 5.41) is 9.67. The van der Waals surface area contributed by atoms with Gasteiger partial charge in [-0.2, -0.15) is 0 Å². The minimum atomic E-state index is 0. The van der Waals surface area contributed by atoms with E-state index in [0.717, 1.165) is 31.9 Å². The van der Waals surface area contributed by atoms with Gasteiger partial charge in [0.05, 0.1) is 0 Å². The van der Waals surface area contributed by atoms with E-state index in [1.165, 1.54) is 49.9 Å². The SMILES string of the molecule is CN=C(NCCC(=O)NC1CCCC1)NCc1ccc(CN2CCCC2)cc1.I. The van der Waals surface area contributed by atoms with Crippen molar-refractivity contribution >= 4 is 35.8 Å². The Balaban J connectivity index is 0.00000300. The minimum Gasteiger partial charge on any atom is -0.356 e. The third-order valence-electron chi connectivity index (χ3n) is 5.68. The van der Waals surface area contributed by atoms with Gasteiger partial charge in [-0.15, -0.1) is 24.0 Å². The van der Waals surface area contributed by atoms with E-state index >= 15 is 0 Å². The van der Waals surface area contributed by atoms with Crippen LogP contribution in [-0.4, -0.2) is 49.5 Å². The molecule has 0 aromatic heterocycles. The Morgan fingerprint density at radius 2 is 1.69 bits per heavy atom. The minimum absolute atomic E-state index is 0. The molecule has 6 nitrogen and oxygen atoms in total. The molecule has 3 rings (SSSR count). The van der Waals surface area contributed by atoms with Crippen molar-refractivity contribution in [2.45, 2.75) is 64.1 Å². The van der Waals surface area contributed by atoms with Gasteiger partial charge in [0.2, 0.25) is 5.91 Å². The molecule has 1 heterocycles. The second-order valence-corrected chi connectivity index (χ2v) is 7.95. The molecule has 0 spiro atoms. The summed E-state index contributed by atoms with van der Waals surface area (Å²) < 4.78 is 0. The number of hydrogen-bond acceptors (Lipinski definition) is 3. The Labute approximate surface area is 192 Å². The number of benzene rings is 1. The zero-order valence-electron chi connectivity index (χ0n) is 17.6. The largest absolute Gasteiger partial charge is 0.356 e. The summed E-state index contributed by atoms with van der Waals surface area (Å²) in [6.07, 6.45) is 7.85. The summed E-state index contributed by atoms with van der Waals surface area (Å²) in [6, 6.07) is 9.19. The molecule has 0 bridgehead atoms. The van der Waals surface area contributed by atoms with Gasteiger partial charge >= 0.3 is 0 Å². The van der Waals surface area contributed by atoms with Crippen LogP contribution < -0.4 is 16.0 Å². The van der Waals surface area contributed by atoms with Crippen LogP contribution in [0.2, 0.25) is 0 Å². The van der Waals surface area contributed by atoms with Crippen LogP contribution in [0.25, 0.3) is 0 Å².